The Hall–Kier alpha value is -2.65. The zero-order valence-corrected chi connectivity index (χ0v) is 15.5. The van der Waals surface area contributed by atoms with Gasteiger partial charge in [0.2, 0.25) is 5.95 Å². The largest absolute Gasteiger partial charge is 0.433 e. The van der Waals surface area contributed by atoms with Crippen molar-refractivity contribution in [3.8, 4) is 0 Å². The van der Waals surface area contributed by atoms with Gasteiger partial charge in [0, 0.05) is 52.5 Å². The lowest BCUT2D eigenvalue weighted by Gasteiger charge is -2.38. The highest BCUT2D eigenvalue weighted by atomic mass is 19.4. The third-order valence-electron chi connectivity index (χ3n) is 4.61. The first-order chi connectivity index (χ1) is 12.8. The van der Waals surface area contributed by atoms with Gasteiger partial charge in [-0.2, -0.15) is 13.2 Å². The monoisotopic (exact) mass is 381 g/mol. The molecule has 0 bridgehead atoms. The van der Waals surface area contributed by atoms with Crippen LogP contribution >= 0.6 is 0 Å². The maximum Gasteiger partial charge on any atom is 0.433 e. The molecule has 1 atom stereocenters. The number of nitrogens with zero attached hydrogens (tertiary/aromatic N) is 7. The predicted octanol–water partition coefficient (Wildman–Crippen LogP) is 2.46. The van der Waals surface area contributed by atoms with E-state index in [2.05, 4.69) is 24.8 Å². The van der Waals surface area contributed by atoms with E-state index in [-0.39, 0.29) is 12.0 Å². The van der Waals surface area contributed by atoms with Crippen molar-refractivity contribution in [2.24, 2.45) is 0 Å². The molecule has 3 heterocycles. The summed E-state index contributed by atoms with van der Waals surface area (Å²) in [6, 6.07) is 2.78. The van der Waals surface area contributed by atoms with Gasteiger partial charge in [-0.1, -0.05) is 0 Å². The van der Waals surface area contributed by atoms with E-state index in [9.17, 15) is 13.2 Å². The van der Waals surface area contributed by atoms with E-state index in [1.165, 1.54) is 6.33 Å². The van der Waals surface area contributed by atoms with E-state index in [4.69, 9.17) is 0 Å². The molecule has 0 amide bonds. The lowest BCUT2D eigenvalue weighted by Crippen LogP contribution is -2.47. The van der Waals surface area contributed by atoms with Gasteiger partial charge in [0.15, 0.2) is 0 Å². The molecule has 146 valence electrons. The van der Waals surface area contributed by atoms with E-state index in [0.29, 0.717) is 6.54 Å². The van der Waals surface area contributed by atoms with Crippen LogP contribution in [0.3, 0.4) is 0 Å². The van der Waals surface area contributed by atoms with E-state index in [0.717, 1.165) is 43.3 Å². The number of hydrogen-bond donors (Lipinski definition) is 0. The summed E-state index contributed by atoms with van der Waals surface area (Å²) in [6.07, 6.45) is -0.0713. The number of hydrogen-bond acceptors (Lipinski definition) is 7. The number of aromatic nitrogens is 4. The fourth-order valence-corrected chi connectivity index (χ4v) is 3.07. The fraction of sp³-hybridized carbons (Fsp3) is 0.529. The highest BCUT2D eigenvalue weighted by molar-refractivity contribution is 5.50. The molecule has 10 heteroatoms. The van der Waals surface area contributed by atoms with E-state index in [1.54, 1.807) is 11.9 Å². The second kappa shape index (κ2) is 7.53. The summed E-state index contributed by atoms with van der Waals surface area (Å²) in [5.41, 5.74) is -0.932. The van der Waals surface area contributed by atoms with Crippen molar-refractivity contribution in [3.63, 3.8) is 0 Å². The SMILES string of the molecule is CN(C)c1cc(N2CCCC(N(C)c3nccc(C(F)(F)F)n3)C2)ncn1. The van der Waals surface area contributed by atoms with Gasteiger partial charge in [-0.25, -0.2) is 19.9 Å². The van der Waals surface area contributed by atoms with E-state index >= 15 is 0 Å². The van der Waals surface area contributed by atoms with Crippen molar-refractivity contribution in [1.29, 1.82) is 0 Å². The number of rotatable bonds is 4. The molecule has 1 saturated heterocycles. The molecule has 3 rings (SSSR count). The van der Waals surface area contributed by atoms with Crippen molar-refractivity contribution in [2.75, 3.05) is 48.9 Å². The number of halogens is 3. The Morgan fingerprint density at radius 3 is 2.63 bits per heavy atom. The second-order valence-corrected chi connectivity index (χ2v) is 6.72. The smallest absolute Gasteiger partial charge is 0.363 e. The number of alkyl halides is 3. The molecule has 1 aliphatic rings. The van der Waals surface area contributed by atoms with Crippen LogP contribution in [0, 0.1) is 0 Å². The van der Waals surface area contributed by atoms with E-state index < -0.39 is 11.9 Å². The van der Waals surface area contributed by atoms with Crippen LogP contribution in [0.5, 0.6) is 0 Å². The molecular formula is C17H22F3N7. The second-order valence-electron chi connectivity index (χ2n) is 6.72. The standard InChI is InChI=1S/C17H22F3N7/c1-25(2)14-9-15(23-11-22-14)27-8-4-5-12(10-27)26(3)16-21-7-6-13(24-16)17(18,19)20/h6-7,9,11-12H,4-5,8,10H2,1-3H3. The first-order valence-corrected chi connectivity index (χ1v) is 8.63. The molecule has 27 heavy (non-hydrogen) atoms. The number of likely N-dealkylation sites (N-methyl/N-ethyl adjacent to an activating group) is 1. The minimum Gasteiger partial charge on any atom is -0.363 e. The van der Waals surface area contributed by atoms with Crippen LogP contribution in [0.15, 0.2) is 24.7 Å². The molecule has 0 radical (unpaired) electrons. The predicted molar refractivity (Wildman–Crippen MR) is 97.0 cm³/mol. The highest BCUT2D eigenvalue weighted by Gasteiger charge is 2.34. The molecule has 0 aliphatic carbocycles. The summed E-state index contributed by atoms with van der Waals surface area (Å²) in [5.74, 6) is 1.68. The molecular weight excluding hydrogens is 359 g/mol. The summed E-state index contributed by atoms with van der Waals surface area (Å²) >= 11 is 0. The normalized spacial score (nSPS) is 17.7. The summed E-state index contributed by atoms with van der Waals surface area (Å²) in [5, 5.41) is 0. The number of anilines is 3. The first-order valence-electron chi connectivity index (χ1n) is 8.63. The van der Waals surface area contributed by atoms with Crippen LogP contribution in [0.25, 0.3) is 0 Å². The summed E-state index contributed by atoms with van der Waals surface area (Å²) < 4.78 is 38.8. The van der Waals surface area contributed by atoms with Crippen LogP contribution in [0.2, 0.25) is 0 Å². The Kier molecular flexibility index (Phi) is 5.33. The maximum atomic E-state index is 12.9. The minimum atomic E-state index is -4.49. The minimum absolute atomic E-state index is 0.0139. The van der Waals surface area contributed by atoms with Crippen LogP contribution in [-0.4, -0.2) is 60.2 Å². The Bertz CT molecular complexity index is 781. The van der Waals surface area contributed by atoms with Crippen molar-refractivity contribution >= 4 is 17.6 Å². The van der Waals surface area contributed by atoms with Gasteiger partial charge < -0.3 is 14.7 Å². The molecule has 1 fully saturated rings. The molecule has 2 aromatic rings. The molecule has 1 aliphatic heterocycles. The molecule has 0 spiro atoms. The molecule has 0 aromatic carbocycles. The van der Waals surface area contributed by atoms with Gasteiger partial charge in [-0.05, 0) is 18.9 Å². The van der Waals surface area contributed by atoms with Gasteiger partial charge >= 0.3 is 6.18 Å². The van der Waals surface area contributed by atoms with Gasteiger partial charge in [-0.15, -0.1) is 0 Å². The number of piperidine rings is 1. The Morgan fingerprint density at radius 2 is 1.93 bits per heavy atom. The van der Waals surface area contributed by atoms with Crippen LogP contribution in [-0.2, 0) is 6.18 Å². The van der Waals surface area contributed by atoms with Crippen LogP contribution < -0.4 is 14.7 Å². The van der Waals surface area contributed by atoms with Gasteiger partial charge in [0.1, 0.15) is 23.7 Å². The summed E-state index contributed by atoms with van der Waals surface area (Å²) in [6.45, 7) is 1.46. The average Bonchev–Trinajstić information content (AvgIpc) is 2.67. The summed E-state index contributed by atoms with van der Waals surface area (Å²) in [7, 11) is 5.54. The van der Waals surface area contributed by atoms with Crippen molar-refractivity contribution in [1.82, 2.24) is 19.9 Å². The molecule has 0 saturated carbocycles. The first kappa shape index (κ1) is 19.1. The van der Waals surface area contributed by atoms with Crippen molar-refractivity contribution < 1.29 is 13.2 Å². The lowest BCUT2D eigenvalue weighted by atomic mass is 10.0. The van der Waals surface area contributed by atoms with Crippen LogP contribution in [0.1, 0.15) is 18.5 Å². The topological polar surface area (TPSA) is 61.3 Å². The highest BCUT2D eigenvalue weighted by Crippen LogP contribution is 2.29. The quantitative estimate of drug-likeness (QED) is 0.806. The molecule has 7 nitrogen and oxygen atoms in total. The van der Waals surface area contributed by atoms with Crippen molar-refractivity contribution in [2.45, 2.75) is 25.1 Å². The third-order valence-corrected chi connectivity index (χ3v) is 4.61. The van der Waals surface area contributed by atoms with E-state index in [1.807, 2.05) is 25.1 Å². The molecule has 1 unspecified atom stereocenters. The summed E-state index contributed by atoms with van der Waals surface area (Å²) in [4.78, 5) is 22.0. The fourth-order valence-electron chi connectivity index (χ4n) is 3.07. The Labute approximate surface area is 155 Å². The zero-order valence-electron chi connectivity index (χ0n) is 15.5. The van der Waals surface area contributed by atoms with Gasteiger partial charge in [-0.3, -0.25) is 0 Å². The molecule has 0 N–H and O–H groups in total. The molecule has 2 aromatic heterocycles. The van der Waals surface area contributed by atoms with Gasteiger partial charge in [0.05, 0.1) is 0 Å². The lowest BCUT2D eigenvalue weighted by molar-refractivity contribution is -0.141. The Morgan fingerprint density at radius 1 is 1.15 bits per heavy atom. The zero-order chi connectivity index (χ0) is 19.6. The third kappa shape index (κ3) is 4.37. The van der Waals surface area contributed by atoms with Crippen molar-refractivity contribution in [3.05, 3.63) is 30.4 Å². The maximum absolute atomic E-state index is 12.9. The van der Waals surface area contributed by atoms with Gasteiger partial charge in [0.25, 0.3) is 0 Å². The average molecular weight is 381 g/mol. The Balaban J connectivity index is 1.77. The van der Waals surface area contributed by atoms with Crippen LogP contribution in [0.4, 0.5) is 30.8 Å².